The summed E-state index contributed by atoms with van der Waals surface area (Å²) in [7, 11) is -0.574. The molecule has 0 aromatic heterocycles. The molecule has 0 unspecified atom stereocenters. The number of nitrogens with one attached hydrogen (secondary N) is 2. The number of rotatable bonds is 5. The van der Waals surface area contributed by atoms with Crippen molar-refractivity contribution in [2.24, 2.45) is 5.92 Å². The second kappa shape index (κ2) is 12.5. The Balaban J connectivity index is 1.98. The Morgan fingerprint density at radius 1 is 1.11 bits per heavy atom. The molecule has 10 nitrogen and oxygen atoms in total. The first-order valence-corrected chi connectivity index (χ1v) is 14.1. The number of anilines is 1. The highest BCUT2D eigenvalue weighted by molar-refractivity contribution is 7.92. The van der Waals surface area contributed by atoms with Gasteiger partial charge in [0.25, 0.3) is 15.9 Å². The monoisotopic (exact) mass is 546 g/mol. The van der Waals surface area contributed by atoms with Gasteiger partial charge < -0.3 is 24.6 Å². The van der Waals surface area contributed by atoms with Crippen LogP contribution in [0.2, 0.25) is 0 Å². The fourth-order valence-corrected chi connectivity index (χ4v) is 5.33. The maximum absolute atomic E-state index is 13.4. The van der Waals surface area contributed by atoms with Crippen LogP contribution in [0.4, 0.5) is 10.5 Å². The van der Waals surface area contributed by atoms with Gasteiger partial charge in [-0.05, 0) is 45.0 Å². The highest BCUT2D eigenvalue weighted by Crippen LogP contribution is 2.28. The molecule has 2 aromatic rings. The summed E-state index contributed by atoms with van der Waals surface area (Å²) in [6, 6.07) is 12.0. The number of likely N-dealkylation sites (N-methyl/N-ethyl adjacent to an activating group) is 1. The number of hydrogen-bond acceptors (Lipinski definition) is 6. The number of methoxy groups -OCH3 is 1. The lowest BCUT2D eigenvalue weighted by Gasteiger charge is -2.36. The minimum absolute atomic E-state index is 0.0461. The van der Waals surface area contributed by atoms with Crippen molar-refractivity contribution >= 4 is 27.6 Å². The molecule has 38 heavy (non-hydrogen) atoms. The smallest absolute Gasteiger partial charge is 0.317 e. The first-order chi connectivity index (χ1) is 17.9. The molecule has 1 heterocycles. The molecule has 0 spiro atoms. The van der Waals surface area contributed by atoms with Gasteiger partial charge >= 0.3 is 6.03 Å². The minimum atomic E-state index is -3.84. The number of fused-ring (bicyclic) bond motifs is 1. The number of carbonyl (C=O) groups excluding carboxylic acids is 2. The molecular weight excluding hydrogens is 508 g/mol. The van der Waals surface area contributed by atoms with Crippen molar-refractivity contribution in [2.75, 3.05) is 38.6 Å². The Labute approximate surface area is 225 Å². The first-order valence-electron chi connectivity index (χ1n) is 12.6. The molecule has 2 N–H and O–H groups in total. The predicted octanol–water partition coefficient (Wildman–Crippen LogP) is 3.41. The lowest BCUT2D eigenvalue weighted by atomic mass is 10.0. The number of benzene rings is 2. The van der Waals surface area contributed by atoms with Gasteiger partial charge in [0.15, 0.2) is 0 Å². The van der Waals surface area contributed by atoms with E-state index in [1.54, 1.807) is 48.2 Å². The van der Waals surface area contributed by atoms with E-state index in [1.807, 2.05) is 27.7 Å². The van der Waals surface area contributed by atoms with Crippen LogP contribution in [0.5, 0.6) is 5.75 Å². The number of hydrogen-bond donors (Lipinski definition) is 2. The Morgan fingerprint density at radius 2 is 1.79 bits per heavy atom. The van der Waals surface area contributed by atoms with Crippen molar-refractivity contribution in [3.05, 3.63) is 54.1 Å². The normalized spacial score (nSPS) is 21.1. The van der Waals surface area contributed by atoms with Crippen LogP contribution < -0.4 is 14.8 Å². The van der Waals surface area contributed by atoms with E-state index in [0.29, 0.717) is 13.1 Å². The summed E-state index contributed by atoms with van der Waals surface area (Å²) in [5.41, 5.74) is 0.532. The van der Waals surface area contributed by atoms with Crippen molar-refractivity contribution < 1.29 is 27.5 Å². The van der Waals surface area contributed by atoms with Gasteiger partial charge in [0.2, 0.25) is 0 Å². The van der Waals surface area contributed by atoms with Crippen molar-refractivity contribution in [1.29, 1.82) is 0 Å². The van der Waals surface area contributed by atoms with Gasteiger partial charge in [-0.15, -0.1) is 0 Å². The molecular formula is C27H38N4O6S. The lowest BCUT2D eigenvalue weighted by Crippen LogP contribution is -2.52. The third-order valence-corrected chi connectivity index (χ3v) is 7.82. The second-order valence-corrected chi connectivity index (χ2v) is 11.7. The molecule has 0 saturated carbocycles. The number of nitrogens with zero attached hydrogens (tertiary/aromatic N) is 2. The minimum Gasteiger partial charge on any atom is -0.491 e. The summed E-state index contributed by atoms with van der Waals surface area (Å²) in [5.74, 6) is -0.132. The Kier molecular flexibility index (Phi) is 9.61. The van der Waals surface area contributed by atoms with Gasteiger partial charge in [-0.3, -0.25) is 9.52 Å². The van der Waals surface area contributed by atoms with E-state index >= 15 is 0 Å². The fourth-order valence-electron chi connectivity index (χ4n) is 4.26. The zero-order valence-electron chi connectivity index (χ0n) is 22.8. The fraction of sp³-hybridized carbons (Fsp3) is 0.481. The summed E-state index contributed by atoms with van der Waals surface area (Å²) in [4.78, 5) is 29.8. The maximum Gasteiger partial charge on any atom is 0.317 e. The van der Waals surface area contributed by atoms with Crippen molar-refractivity contribution in [3.63, 3.8) is 0 Å². The van der Waals surface area contributed by atoms with E-state index in [-0.39, 0.29) is 64.5 Å². The molecule has 0 saturated heterocycles. The van der Waals surface area contributed by atoms with Crippen molar-refractivity contribution in [2.45, 2.75) is 50.8 Å². The lowest BCUT2D eigenvalue weighted by molar-refractivity contribution is 0.0165. The molecule has 3 amide bonds. The standard InChI is InChI=1S/C27H38N4O6S/c1-18(2)28-27(33)31-15-19(3)25(36-6)16-30(5)26(32)23-13-12-21(14-24(23)37-17-20(31)4)29-38(34,35)22-10-8-7-9-11-22/h7-14,18-20,25,29H,15-17H2,1-6H3,(H,28,33)/t19-,20+,25-/m1/s1. The zero-order chi connectivity index (χ0) is 28.0. The Bertz CT molecular complexity index is 1220. The van der Waals surface area contributed by atoms with Crippen LogP contribution >= 0.6 is 0 Å². The van der Waals surface area contributed by atoms with Crippen LogP contribution in [-0.2, 0) is 14.8 Å². The van der Waals surface area contributed by atoms with Gasteiger partial charge in [0.05, 0.1) is 28.3 Å². The van der Waals surface area contributed by atoms with Crippen LogP contribution in [0.3, 0.4) is 0 Å². The number of sulfonamides is 1. The molecule has 0 bridgehead atoms. The van der Waals surface area contributed by atoms with Crippen LogP contribution in [0, 0.1) is 5.92 Å². The quantitative estimate of drug-likeness (QED) is 0.594. The van der Waals surface area contributed by atoms with Gasteiger partial charge in [-0.25, -0.2) is 13.2 Å². The van der Waals surface area contributed by atoms with Gasteiger partial charge in [0.1, 0.15) is 12.4 Å². The molecule has 0 aliphatic carbocycles. The average molecular weight is 547 g/mol. The molecule has 3 rings (SSSR count). The maximum atomic E-state index is 13.4. The summed E-state index contributed by atoms with van der Waals surface area (Å²) >= 11 is 0. The van der Waals surface area contributed by atoms with Gasteiger partial charge in [-0.2, -0.15) is 0 Å². The number of urea groups is 1. The molecule has 2 aromatic carbocycles. The molecule has 11 heteroatoms. The van der Waals surface area contributed by atoms with E-state index in [2.05, 4.69) is 10.0 Å². The summed E-state index contributed by atoms with van der Waals surface area (Å²) in [5, 5.41) is 2.94. The largest absolute Gasteiger partial charge is 0.491 e. The topological polar surface area (TPSA) is 117 Å². The van der Waals surface area contributed by atoms with Crippen molar-refractivity contribution in [1.82, 2.24) is 15.1 Å². The molecule has 0 radical (unpaired) electrons. The summed E-state index contributed by atoms with van der Waals surface area (Å²) in [6.07, 6.45) is -0.314. The Morgan fingerprint density at radius 3 is 2.42 bits per heavy atom. The number of ether oxygens (including phenoxy) is 2. The SMILES string of the molecule is CO[C@@H]1CN(C)C(=O)c2ccc(NS(=O)(=O)c3ccccc3)cc2OC[C@H](C)N(C(=O)NC(C)C)C[C@H]1C. The molecule has 1 aliphatic heterocycles. The molecule has 0 fully saturated rings. The first kappa shape index (κ1) is 29.2. The van der Waals surface area contributed by atoms with Crippen LogP contribution in [0.15, 0.2) is 53.4 Å². The second-order valence-electron chi connectivity index (χ2n) is 9.98. The van der Waals surface area contributed by atoms with Gasteiger partial charge in [0, 0.05) is 45.3 Å². The Hall–Kier alpha value is -3.31. The highest BCUT2D eigenvalue weighted by atomic mass is 32.2. The predicted molar refractivity (Wildman–Crippen MR) is 146 cm³/mol. The van der Waals surface area contributed by atoms with Crippen LogP contribution in [0.25, 0.3) is 0 Å². The average Bonchev–Trinajstić information content (AvgIpc) is 2.87. The molecule has 208 valence electrons. The van der Waals surface area contributed by atoms with Crippen LogP contribution in [0.1, 0.15) is 38.1 Å². The highest BCUT2D eigenvalue weighted by Gasteiger charge is 2.30. The van der Waals surface area contributed by atoms with E-state index < -0.39 is 10.0 Å². The van der Waals surface area contributed by atoms with E-state index in [0.717, 1.165) is 0 Å². The third kappa shape index (κ3) is 7.16. The molecule has 1 aliphatic rings. The number of amides is 3. The van der Waals surface area contributed by atoms with Crippen LogP contribution in [-0.4, -0.2) is 82.2 Å². The van der Waals surface area contributed by atoms with Gasteiger partial charge in [-0.1, -0.05) is 25.1 Å². The van der Waals surface area contributed by atoms with E-state index in [4.69, 9.17) is 9.47 Å². The van der Waals surface area contributed by atoms with E-state index in [9.17, 15) is 18.0 Å². The number of carbonyl (C=O) groups is 2. The summed E-state index contributed by atoms with van der Waals surface area (Å²) < 4.78 is 40.1. The zero-order valence-corrected chi connectivity index (χ0v) is 23.6. The van der Waals surface area contributed by atoms with E-state index in [1.165, 1.54) is 24.3 Å². The third-order valence-electron chi connectivity index (χ3n) is 6.43. The summed E-state index contributed by atoms with van der Waals surface area (Å²) in [6.45, 7) is 8.43. The molecule has 3 atom stereocenters. The van der Waals surface area contributed by atoms with Crippen molar-refractivity contribution in [3.8, 4) is 5.75 Å².